The van der Waals surface area contributed by atoms with Gasteiger partial charge in [0.05, 0.1) is 17.4 Å². The molecule has 0 atom stereocenters. The van der Waals surface area contributed by atoms with Crippen LogP contribution in [0.15, 0.2) is 12.4 Å². The maximum Gasteiger partial charge on any atom is 0.222 e. The molecule has 0 spiro atoms. The predicted octanol–water partition coefficient (Wildman–Crippen LogP) is 2.14. The normalized spacial score (nSPS) is 15.8. The maximum absolute atomic E-state index is 5.69. The van der Waals surface area contributed by atoms with Gasteiger partial charge in [-0.05, 0) is 25.9 Å². The molecule has 1 aliphatic heterocycles. The second-order valence-corrected chi connectivity index (χ2v) is 3.83. The number of piperidine rings is 1. The van der Waals surface area contributed by atoms with Crippen molar-refractivity contribution < 1.29 is 0 Å². The Bertz CT molecular complexity index is 287. The second-order valence-electron chi connectivity index (χ2n) is 3.39. The highest BCUT2D eigenvalue weighted by Crippen LogP contribution is 2.10. The molecule has 2 rings (SSSR count). The van der Waals surface area contributed by atoms with Crippen LogP contribution in [-0.4, -0.2) is 29.1 Å². The van der Waals surface area contributed by atoms with Gasteiger partial charge in [0.15, 0.2) is 0 Å². The van der Waals surface area contributed by atoms with E-state index in [0.717, 1.165) is 25.9 Å². The molecule has 1 aromatic heterocycles. The fourth-order valence-corrected chi connectivity index (χ4v) is 1.63. The van der Waals surface area contributed by atoms with Gasteiger partial charge in [-0.2, -0.15) is 0 Å². The number of halogens is 3. The Morgan fingerprint density at radius 1 is 1.19 bits per heavy atom. The summed E-state index contributed by atoms with van der Waals surface area (Å²) in [6, 6.07) is 0.484. The molecule has 0 radical (unpaired) electrons. The first kappa shape index (κ1) is 15.7. The third-order valence-electron chi connectivity index (χ3n) is 2.29. The molecule has 0 unspecified atom stereocenters. The summed E-state index contributed by atoms with van der Waals surface area (Å²) in [5.74, 6) is 0.668. The van der Waals surface area contributed by atoms with Crippen LogP contribution >= 0.6 is 36.4 Å². The summed E-state index contributed by atoms with van der Waals surface area (Å²) in [6.45, 7) is 2.12. The third kappa shape index (κ3) is 4.70. The van der Waals surface area contributed by atoms with Crippen LogP contribution in [0, 0.1) is 0 Å². The molecule has 16 heavy (non-hydrogen) atoms. The average molecular weight is 286 g/mol. The van der Waals surface area contributed by atoms with Crippen molar-refractivity contribution in [2.75, 3.05) is 18.4 Å². The SMILES string of the molecule is Cl.Cl.Clc1cnc(NC2CCNCC2)nc1. The minimum Gasteiger partial charge on any atom is -0.351 e. The Kier molecular flexibility index (Phi) is 7.76. The number of anilines is 1. The van der Waals surface area contributed by atoms with Crippen molar-refractivity contribution in [2.45, 2.75) is 18.9 Å². The number of aromatic nitrogens is 2. The molecule has 92 valence electrons. The van der Waals surface area contributed by atoms with Crippen molar-refractivity contribution in [3.8, 4) is 0 Å². The lowest BCUT2D eigenvalue weighted by atomic mass is 10.1. The number of hydrogen-bond acceptors (Lipinski definition) is 4. The van der Waals surface area contributed by atoms with Crippen LogP contribution in [0.25, 0.3) is 0 Å². The van der Waals surface area contributed by atoms with Gasteiger partial charge in [0.2, 0.25) is 5.95 Å². The van der Waals surface area contributed by atoms with Gasteiger partial charge in [0.1, 0.15) is 0 Å². The van der Waals surface area contributed by atoms with Crippen molar-refractivity contribution in [3.05, 3.63) is 17.4 Å². The van der Waals surface area contributed by atoms with Crippen molar-refractivity contribution >= 4 is 42.4 Å². The molecular formula is C9H15Cl3N4. The van der Waals surface area contributed by atoms with E-state index in [4.69, 9.17) is 11.6 Å². The van der Waals surface area contributed by atoms with E-state index in [2.05, 4.69) is 20.6 Å². The highest BCUT2D eigenvalue weighted by atomic mass is 35.5. The average Bonchev–Trinajstić information content (AvgIpc) is 2.23. The van der Waals surface area contributed by atoms with Crippen molar-refractivity contribution in [1.82, 2.24) is 15.3 Å². The van der Waals surface area contributed by atoms with Gasteiger partial charge >= 0.3 is 0 Å². The highest BCUT2D eigenvalue weighted by Gasteiger charge is 2.13. The minimum atomic E-state index is 0. The molecule has 1 saturated heterocycles. The van der Waals surface area contributed by atoms with Gasteiger partial charge in [0, 0.05) is 6.04 Å². The second kappa shape index (κ2) is 7.90. The van der Waals surface area contributed by atoms with Crippen LogP contribution in [0.5, 0.6) is 0 Å². The van der Waals surface area contributed by atoms with E-state index in [1.807, 2.05) is 0 Å². The van der Waals surface area contributed by atoms with E-state index in [9.17, 15) is 0 Å². The molecule has 2 heterocycles. The Labute approximate surface area is 112 Å². The highest BCUT2D eigenvalue weighted by molar-refractivity contribution is 6.30. The molecule has 0 amide bonds. The molecule has 2 N–H and O–H groups in total. The molecule has 1 aromatic rings. The molecule has 0 saturated carbocycles. The summed E-state index contributed by atoms with van der Waals surface area (Å²) >= 11 is 5.69. The van der Waals surface area contributed by atoms with Gasteiger partial charge < -0.3 is 10.6 Å². The fourth-order valence-electron chi connectivity index (χ4n) is 1.54. The summed E-state index contributed by atoms with van der Waals surface area (Å²) in [6.07, 6.45) is 5.45. The Morgan fingerprint density at radius 2 is 1.75 bits per heavy atom. The van der Waals surface area contributed by atoms with Gasteiger partial charge in [-0.15, -0.1) is 24.8 Å². The molecule has 4 nitrogen and oxygen atoms in total. The van der Waals surface area contributed by atoms with Crippen molar-refractivity contribution in [3.63, 3.8) is 0 Å². The molecule has 0 aromatic carbocycles. The number of rotatable bonds is 2. The van der Waals surface area contributed by atoms with Gasteiger partial charge in [-0.1, -0.05) is 11.6 Å². The molecular weight excluding hydrogens is 270 g/mol. The molecule has 0 bridgehead atoms. The molecule has 1 aliphatic rings. The Morgan fingerprint density at radius 3 is 2.31 bits per heavy atom. The summed E-state index contributed by atoms with van der Waals surface area (Å²) in [5, 5.41) is 7.17. The topological polar surface area (TPSA) is 49.8 Å². The smallest absolute Gasteiger partial charge is 0.222 e. The largest absolute Gasteiger partial charge is 0.351 e. The predicted molar refractivity (Wildman–Crippen MR) is 71.1 cm³/mol. The zero-order chi connectivity index (χ0) is 9.80. The van der Waals surface area contributed by atoms with Gasteiger partial charge in [0.25, 0.3) is 0 Å². The number of nitrogens with one attached hydrogen (secondary N) is 2. The minimum absolute atomic E-state index is 0. The quantitative estimate of drug-likeness (QED) is 0.874. The monoisotopic (exact) mass is 284 g/mol. The van der Waals surface area contributed by atoms with Crippen LogP contribution in [0.4, 0.5) is 5.95 Å². The first-order valence-electron chi connectivity index (χ1n) is 4.79. The fraction of sp³-hybridized carbons (Fsp3) is 0.556. The van der Waals surface area contributed by atoms with E-state index in [-0.39, 0.29) is 24.8 Å². The van der Waals surface area contributed by atoms with Gasteiger partial charge in [-0.25, -0.2) is 9.97 Å². The summed E-state index contributed by atoms with van der Waals surface area (Å²) in [5.41, 5.74) is 0. The van der Waals surface area contributed by atoms with Crippen LogP contribution in [-0.2, 0) is 0 Å². The van der Waals surface area contributed by atoms with E-state index < -0.39 is 0 Å². The Hall–Kier alpha value is -0.290. The third-order valence-corrected chi connectivity index (χ3v) is 2.49. The van der Waals surface area contributed by atoms with Gasteiger partial charge in [-0.3, -0.25) is 0 Å². The van der Waals surface area contributed by atoms with E-state index in [0.29, 0.717) is 17.0 Å². The first-order chi connectivity index (χ1) is 6.84. The zero-order valence-electron chi connectivity index (χ0n) is 8.65. The zero-order valence-corrected chi connectivity index (χ0v) is 11.0. The Balaban J connectivity index is 0.00000112. The first-order valence-corrected chi connectivity index (χ1v) is 5.17. The summed E-state index contributed by atoms with van der Waals surface area (Å²) in [7, 11) is 0. The van der Waals surface area contributed by atoms with E-state index in [1.165, 1.54) is 0 Å². The van der Waals surface area contributed by atoms with E-state index >= 15 is 0 Å². The summed E-state index contributed by atoms with van der Waals surface area (Å²) in [4.78, 5) is 8.20. The lowest BCUT2D eigenvalue weighted by Crippen LogP contribution is -2.35. The standard InChI is InChI=1S/C9H13ClN4.2ClH/c10-7-5-12-9(13-6-7)14-8-1-3-11-4-2-8;;/h5-6,8,11H,1-4H2,(H,12,13,14);2*1H. The molecule has 1 fully saturated rings. The van der Waals surface area contributed by atoms with Crippen molar-refractivity contribution in [1.29, 1.82) is 0 Å². The lowest BCUT2D eigenvalue weighted by Gasteiger charge is -2.23. The molecule has 0 aliphatic carbocycles. The summed E-state index contributed by atoms with van der Waals surface area (Å²) < 4.78 is 0. The van der Waals surface area contributed by atoms with Crippen LogP contribution in [0.3, 0.4) is 0 Å². The number of hydrogen-bond donors (Lipinski definition) is 2. The van der Waals surface area contributed by atoms with E-state index in [1.54, 1.807) is 12.4 Å². The van der Waals surface area contributed by atoms with Crippen molar-refractivity contribution in [2.24, 2.45) is 0 Å². The number of nitrogens with zero attached hydrogens (tertiary/aromatic N) is 2. The lowest BCUT2D eigenvalue weighted by molar-refractivity contribution is 0.477. The van der Waals surface area contributed by atoms with Crippen LogP contribution < -0.4 is 10.6 Å². The van der Waals surface area contributed by atoms with Crippen LogP contribution in [0.2, 0.25) is 5.02 Å². The maximum atomic E-state index is 5.69. The molecule has 7 heteroatoms. The van der Waals surface area contributed by atoms with Crippen LogP contribution in [0.1, 0.15) is 12.8 Å².